The third kappa shape index (κ3) is 5.01. The predicted octanol–water partition coefficient (Wildman–Crippen LogP) is 2.53. The molecule has 0 radical (unpaired) electrons. The molecule has 4 nitrogen and oxygen atoms in total. The number of rotatable bonds is 8. The van der Waals surface area contributed by atoms with Gasteiger partial charge in [-0.2, -0.15) is 0 Å². The van der Waals surface area contributed by atoms with Crippen LogP contribution in [0.2, 0.25) is 0 Å². The maximum absolute atomic E-state index is 11.6. The summed E-state index contributed by atoms with van der Waals surface area (Å²) in [5.74, 6) is 0.536. The van der Waals surface area contributed by atoms with Crippen LogP contribution in [-0.2, 0) is 14.6 Å². The summed E-state index contributed by atoms with van der Waals surface area (Å²) in [7, 11) is 0.911. The molecule has 0 aromatic rings. The van der Waals surface area contributed by atoms with Crippen LogP contribution in [0.4, 0.5) is 0 Å². The molecule has 0 aliphatic heterocycles. The Morgan fingerprint density at radius 1 is 1.20 bits per heavy atom. The summed E-state index contributed by atoms with van der Waals surface area (Å²) in [5.41, 5.74) is -0.110. The highest BCUT2D eigenvalue weighted by Gasteiger charge is 2.38. The zero-order valence-corrected chi connectivity index (χ0v) is 14.1. The van der Waals surface area contributed by atoms with Crippen molar-refractivity contribution in [3.63, 3.8) is 0 Å². The first-order valence-electron chi connectivity index (χ1n) is 7.92. The molecule has 0 amide bonds. The van der Waals surface area contributed by atoms with Gasteiger partial charge in [-0.15, -0.1) is 0 Å². The van der Waals surface area contributed by atoms with E-state index >= 15 is 0 Å². The molecule has 0 heterocycles. The molecule has 0 saturated heterocycles. The van der Waals surface area contributed by atoms with Gasteiger partial charge in [-0.25, -0.2) is 8.42 Å². The topological polar surface area (TPSA) is 55.4 Å². The van der Waals surface area contributed by atoms with Gasteiger partial charge in [0.05, 0.1) is 11.4 Å². The molecule has 1 N–H and O–H groups in total. The fourth-order valence-corrected chi connectivity index (χ4v) is 4.24. The highest BCUT2D eigenvalue weighted by Crippen LogP contribution is 2.34. The normalized spacial score (nSPS) is 21.4. The molecule has 1 rings (SSSR count). The number of hydrogen-bond acceptors (Lipinski definition) is 4. The molecule has 1 aliphatic carbocycles. The zero-order valence-electron chi connectivity index (χ0n) is 13.3. The van der Waals surface area contributed by atoms with Crippen LogP contribution in [0, 0.1) is 0 Å². The van der Waals surface area contributed by atoms with Crippen molar-refractivity contribution in [3.05, 3.63) is 0 Å². The first kappa shape index (κ1) is 17.9. The first-order valence-corrected chi connectivity index (χ1v) is 9.74. The molecule has 5 heteroatoms. The Morgan fingerprint density at radius 2 is 1.80 bits per heavy atom. The van der Waals surface area contributed by atoms with Gasteiger partial charge in [-0.1, -0.05) is 32.6 Å². The van der Waals surface area contributed by atoms with Crippen LogP contribution in [-0.4, -0.2) is 45.7 Å². The largest absolute Gasteiger partial charge is 0.377 e. The van der Waals surface area contributed by atoms with E-state index in [1.165, 1.54) is 25.7 Å². The number of nitrogens with one attached hydrogen (secondary N) is 1. The molecular formula is C15H31NO3S. The van der Waals surface area contributed by atoms with E-state index in [-0.39, 0.29) is 17.4 Å². The molecule has 1 unspecified atom stereocenters. The maximum Gasteiger partial charge on any atom is 0.150 e. The third-order valence-electron chi connectivity index (χ3n) is 4.73. The lowest BCUT2D eigenvalue weighted by atomic mass is 9.84. The smallest absolute Gasteiger partial charge is 0.150 e. The van der Waals surface area contributed by atoms with Gasteiger partial charge in [0.25, 0.3) is 0 Å². The summed E-state index contributed by atoms with van der Waals surface area (Å²) in [5, 5.41) is 3.38. The van der Waals surface area contributed by atoms with Gasteiger partial charge in [0.1, 0.15) is 9.84 Å². The summed E-state index contributed by atoms with van der Waals surface area (Å²) in [4.78, 5) is 0. The molecule has 1 saturated carbocycles. The molecule has 1 atom stereocenters. The molecule has 1 aliphatic rings. The van der Waals surface area contributed by atoms with Gasteiger partial charge >= 0.3 is 0 Å². The Labute approximate surface area is 124 Å². The van der Waals surface area contributed by atoms with Crippen molar-refractivity contribution in [1.82, 2.24) is 5.32 Å². The predicted molar refractivity (Wildman–Crippen MR) is 83.9 cm³/mol. The Hall–Kier alpha value is -0.130. The highest BCUT2D eigenvalue weighted by molar-refractivity contribution is 7.91. The van der Waals surface area contributed by atoms with Gasteiger partial charge in [0.2, 0.25) is 0 Å². The molecule has 0 spiro atoms. The van der Waals surface area contributed by atoms with Gasteiger partial charge in [-0.05, 0) is 32.7 Å². The van der Waals surface area contributed by atoms with Crippen LogP contribution in [0.25, 0.3) is 0 Å². The summed E-state index contributed by atoms with van der Waals surface area (Å²) >= 11 is 0. The molecular weight excluding hydrogens is 274 g/mol. The number of likely N-dealkylation sites (N-methyl/N-ethyl adjacent to an activating group) is 1. The van der Waals surface area contributed by atoms with Crippen molar-refractivity contribution in [2.24, 2.45) is 0 Å². The van der Waals surface area contributed by atoms with Crippen molar-refractivity contribution in [1.29, 1.82) is 0 Å². The summed E-state index contributed by atoms with van der Waals surface area (Å²) in [6, 6.07) is 0.248. The summed E-state index contributed by atoms with van der Waals surface area (Å²) in [6.45, 7) is 1.72. The van der Waals surface area contributed by atoms with Crippen molar-refractivity contribution in [2.45, 2.75) is 69.9 Å². The second-order valence-electron chi connectivity index (χ2n) is 5.90. The second kappa shape index (κ2) is 8.35. The molecule has 20 heavy (non-hydrogen) atoms. The minimum Gasteiger partial charge on any atom is -0.377 e. The van der Waals surface area contributed by atoms with Gasteiger partial charge in [-0.3, -0.25) is 0 Å². The van der Waals surface area contributed by atoms with Crippen LogP contribution in [0.15, 0.2) is 0 Å². The summed E-state index contributed by atoms with van der Waals surface area (Å²) < 4.78 is 29.1. The third-order valence-corrected chi connectivity index (χ3v) is 6.52. The van der Waals surface area contributed by atoms with E-state index < -0.39 is 9.84 Å². The van der Waals surface area contributed by atoms with E-state index in [9.17, 15) is 8.42 Å². The zero-order chi connectivity index (χ0) is 15.1. The van der Waals surface area contributed by atoms with Crippen LogP contribution < -0.4 is 5.32 Å². The first-order chi connectivity index (χ1) is 9.49. The average Bonchev–Trinajstić information content (AvgIpc) is 2.70. The van der Waals surface area contributed by atoms with E-state index in [1.807, 2.05) is 7.05 Å². The minimum atomic E-state index is -2.86. The van der Waals surface area contributed by atoms with Crippen molar-refractivity contribution in [2.75, 3.05) is 25.7 Å². The second-order valence-corrected chi connectivity index (χ2v) is 8.38. The molecule has 1 fully saturated rings. The lowest BCUT2D eigenvalue weighted by Gasteiger charge is -2.39. The number of hydrogen-bond donors (Lipinski definition) is 1. The monoisotopic (exact) mass is 305 g/mol. The molecule has 0 aromatic heterocycles. The van der Waals surface area contributed by atoms with Gasteiger partial charge in [0, 0.05) is 18.9 Å². The maximum atomic E-state index is 11.6. The van der Waals surface area contributed by atoms with Crippen molar-refractivity contribution < 1.29 is 13.2 Å². The lowest BCUT2D eigenvalue weighted by Crippen LogP contribution is -2.51. The highest BCUT2D eigenvalue weighted by atomic mass is 32.2. The van der Waals surface area contributed by atoms with Gasteiger partial charge < -0.3 is 10.1 Å². The average molecular weight is 305 g/mol. The summed E-state index contributed by atoms with van der Waals surface area (Å²) in [6.07, 6.45) is 8.72. The minimum absolute atomic E-state index is 0.110. The SMILES string of the molecule is CCS(=O)(=O)CCCC(NC)C1(OC)CCCCCC1. The molecule has 0 aromatic carbocycles. The fraction of sp³-hybridized carbons (Fsp3) is 1.00. The van der Waals surface area contributed by atoms with Crippen LogP contribution >= 0.6 is 0 Å². The van der Waals surface area contributed by atoms with Crippen LogP contribution in [0.5, 0.6) is 0 Å². The Kier molecular flexibility index (Phi) is 7.48. The van der Waals surface area contributed by atoms with E-state index in [4.69, 9.17) is 4.74 Å². The molecule has 120 valence electrons. The number of methoxy groups -OCH3 is 1. The van der Waals surface area contributed by atoms with E-state index in [1.54, 1.807) is 14.0 Å². The Balaban J connectivity index is 2.62. The lowest BCUT2D eigenvalue weighted by molar-refractivity contribution is -0.0531. The quantitative estimate of drug-likeness (QED) is 0.700. The van der Waals surface area contributed by atoms with Gasteiger partial charge in [0.15, 0.2) is 0 Å². The van der Waals surface area contributed by atoms with Crippen molar-refractivity contribution >= 4 is 9.84 Å². The Bertz CT molecular complexity index is 359. The van der Waals surface area contributed by atoms with Crippen LogP contribution in [0.3, 0.4) is 0 Å². The van der Waals surface area contributed by atoms with E-state index in [0.29, 0.717) is 12.2 Å². The fourth-order valence-electron chi connectivity index (χ4n) is 3.34. The van der Waals surface area contributed by atoms with Crippen molar-refractivity contribution in [3.8, 4) is 0 Å². The standard InChI is InChI=1S/C15H31NO3S/c1-4-20(17,18)13-9-10-14(16-2)15(19-3)11-7-5-6-8-12-15/h14,16H,4-13H2,1-3H3. The molecule has 0 bridgehead atoms. The van der Waals surface area contributed by atoms with E-state index in [0.717, 1.165) is 19.3 Å². The Morgan fingerprint density at radius 3 is 2.25 bits per heavy atom. The van der Waals surface area contributed by atoms with Crippen LogP contribution in [0.1, 0.15) is 58.3 Å². The number of ether oxygens (including phenoxy) is 1. The number of sulfone groups is 1. The van der Waals surface area contributed by atoms with E-state index in [2.05, 4.69) is 5.32 Å².